The topological polar surface area (TPSA) is 29.9 Å². The molecule has 1 N–H and O–H groups in total. The van der Waals surface area contributed by atoms with E-state index in [2.05, 4.69) is 17.3 Å². The SMILES string of the molecule is CC(NC(C)c1cnn(C)c1)c1cccc(F)c1. The van der Waals surface area contributed by atoms with Crippen molar-refractivity contribution < 1.29 is 4.39 Å². The van der Waals surface area contributed by atoms with Gasteiger partial charge < -0.3 is 5.32 Å². The Balaban J connectivity index is 2.05. The molecule has 1 aromatic heterocycles. The molecule has 0 aliphatic rings. The van der Waals surface area contributed by atoms with Crippen molar-refractivity contribution in [3.8, 4) is 0 Å². The fourth-order valence-electron chi connectivity index (χ4n) is 2.01. The molecule has 0 saturated carbocycles. The Morgan fingerprint density at radius 2 is 1.94 bits per heavy atom. The smallest absolute Gasteiger partial charge is 0.123 e. The molecule has 3 nitrogen and oxygen atoms in total. The van der Waals surface area contributed by atoms with Crippen molar-refractivity contribution in [2.24, 2.45) is 7.05 Å². The number of nitrogens with zero attached hydrogens (tertiary/aromatic N) is 2. The molecule has 2 rings (SSSR count). The summed E-state index contributed by atoms with van der Waals surface area (Å²) in [5, 5.41) is 7.58. The van der Waals surface area contributed by atoms with Gasteiger partial charge in [-0.05, 0) is 31.5 Å². The second-order valence-corrected chi connectivity index (χ2v) is 4.61. The minimum absolute atomic E-state index is 0.0934. The summed E-state index contributed by atoms with van der Waals surface area (Å²) in [5.74, 6) is -0.199. The van der Waals surface area contributed by atoms with Gasteiger partial charge in [-0.25, -0.2) is 4.39 Å². The van der Waals surface area contributed by atoms with Gasteiger partial charge in [0.15, 0.2) is 0 Å². The average molecular weight is 247 g/mol. The van der Waals surface area contributed by atoms with E-state index >= 15 is 0 Å². The zero-order valence-electron chi connectivity index (χ0n) is 10.9. The van der Waals surface area contributed by atoms with Gasteiger partial charge in [-0.15, -0.1) is 0 Å². The molecular weight excluding hydrogens is 229 g/mol. The van der Waals surface area contributed by atoms with Gasteiger partial charge in [-0.1, -0.05) is 12.1 Å². The summed E-state index contributed by atoms with van der Waals surface area (Å²) in [4.78, 5) is 0. The maximum absolute atomic E-state index is 13.2. The molecule has 1 aromatic carbocycles. The number of benzene rings is 1. The first-order chi connectivity index (χ1) is 8.56. The molecule has 0 radical (unpaired) electrons. The second-order valence-electron chi connectivity index (χ2n) is 4.61. The van der Waals surface area contributed by atoms with Crippen LogP contribution in [0, 0.1) is 5.82 Å². The maximum Gasteiger partial charge on any atom is 0.123 e. The Hall–Kier alpha value is -1.68. The van der Waals surface area contributed by atoms with Crippen LogP contribution >= 0.6 is 0 Å². The number of aryl methyl sites for hydroxylation is 1. The van der Waals surface area contributed by atoms with Crippen LogP contribution in [0.25, 0.3) is 0 Å². The van der Waals surface area contributed by atoms with E-state index in [1.165, 1.54) is 6.07 Å². The quantitative estimate of drug-likeness (QED) is 0.900. The van der Waals surface area contributed by atoms with E-state index in [-0.39, 0.29) is 17.9 Å². The largest absolute Gasteiger partial charge is 0.304 e. The van der Waals surface area contributed by atoms with E-state index in [1.54, 1.807) is 16.8 Å². The van der Waals surface area contributed by atoms with Crippen LogP contribution in [-0.2, 0) is 7.05 Å². The average Bonchev–Trinajstić information content (AvgIpc) is 2.76. The van der Waals surface area contributed by atoms with Crippen LogP contribution in [0.1, 0.15) is 37.1 Å². The second kappa shape index (κ2) is 5.31. The molecule has 4 heteroatoms. The van der Waals surface area contributed by atoms with Crippen molar-refractivity contribution in [3.63, 3.8) is 0 Å². The van der Waals surface area contributed by atoms with Gasteiger partial charge >= 0.3 is 0 Å². The first-order valence-corrected chi connectivity index (χ1v) is 6.06. The summed E-state index contributed by atoms with van der Waals surface area (Å²) in [6.45, 7) is 4.11. The van der Waals surface area contributed by atoms with E-state index < -0.39 is 0 Å². The maximum atomic E-state index is 13.2. The van der Waals surface area contributed by atoms with E-state index in [0.29, 0.717) is 0 Å². The van der Waals surface area contributed by atoms with Crippen molar-refractivity contribution in [3.05, 3.63) is 53.6 Å². The predicted molar refractivity (Wildman–Crippen MR) is 69.6 cm³/mol. The van der Waals surface area contributed by atoms with Crippen molar-refractivity contribution >= 4 is 0 Å². The molecule has 0 aliphatic heterocycles. The molecule has 2 aromatic rings. The van der Waals surface area contributed by atoms with Gasteiger partial charge in [-0.3, -0.25) is 4.68 Å². The molecule has 96 valence electrons. The number of hydrogen-bond donors (Lipinski definition) is 1. The summed E-state index contributed by atoms with van der Waals surface area (Å²) < 4.78 is 14.9. The zero-order chi connectivity index (χ0) is 13.1. The van der Waals surface area contributed by atoms with Crippen LogP contribution in [0.5, 0.6) is 0 Å². The Morgan fingerprint density at radius 1 is 1.22 bits per heavy atom. The minimum Gasteiger partial charge on any atom is -0.304 e. The van der Waals surface area contributed by atoms with E-state index in [1.807, 2.05) is 32.4 Å². The molecule has 2 atom stereocenters. The van der Waals surface area contributed by atoms with Crippen LogP contribution in [0.2, 0.25) is 0 Å². The molecular formula is C14H18FN3. The Bertz CT molecular complexity index is 521. The molecule has 2 unspecified atom stereocenters. The van der Waals surface area contributed by atoms with Crippen LogP contribution in [0.3, 0.4) is 0 Å². The minimum atomic E-state index is -0.199. The molecule has 0 bridgehead atoms. The van der Waals surface area contributed by atoms with E-state index in [4.69, 9.17) is 0 Å². The van der Waals surface area contributed by atoms with Crippen LogP contribution in [-0.4, -0.2) is 9.78 Å². The molecule has 18 heavy (non-hydrogen) atoms. The zero-order valence-corrected chi connectivity index (χ0v) is 10.9. The summed E-state index contributed by atoms with van der Waals surface area (Å²) in [5.41, 5.74) is 2.08. The Labute approximate surface area is 107 Å². The molecule has 0 fully saturated rings. The molecule has 1 heterocycles. The van der Waals surface area contributed by atoms with Crippen molar-refractivity contribution in [2.45, 2.75) is 25.9 Å². The Morgan fingerprint density at radius 3 is 2.56 bits per heavy atom. The lowest BCUT2D eigenvalue weighted by Gasteiger charge is -2.19. The molecule has 0 amide bonds. The fraction of sp³-hybridized carbons (Fsp3) is 0.357. The Kier molecular flexibility index (Phi) is 3.77. The highest BCUT2D eigenvalue weighted by atomic mass is 19.1. The lowest BCUT2D eigenvalue weighted by atomic mass is 10.1. The van der Waals surface area contributed by atoms with Gasteiger partial charge in [-0.2, -0.15) is 5.10 Å². The predicted octanol–water partition coefficient (Wildman–Crippen LogP) is 2.97. The molecule has 0 saturated heterocycles. The number of aromatic nitrogens is 2. The highest BCUT2D eigenvalue weighted by Crippen LogP contribution is 2.19. The van der Waals surface area contributed by atoms with Crippen LogP contribution < -0.4 is 5.32 Å². The highest BCUT2D eigenvalue weighted by Gasteiger charge is 2.12. The first kappa shape index (κ1) is 12.8. The molecule has 0 aliphatic carbocycles. The van der Waals surface area contributed by atoms with E-state index in [0.717, 1.165) is 11.1 Å². The normalized spacial score (nSPS) is 14.4. The first-order valence-electron chi connectivity index (χ1n) is 6.06. The number of hydrogen-bond acceptors (Lipinski definition) is 2. The number of rotatable bonds is 4. The van der Waals surface area contributed by atoms with Gasteiger partial charge in [0.2, 0.25) is 0 Å². The molecule has 0 spiro atoms. The summed E-state index contributed by atoms with van der Waals surface area (Å²) >= 11 is 0. The van der Waals surface area contributed by atoms with Gasteiger partial charge in [0.1, 0.15) is 5.82 Å². The van der Waals surface area contributed by atoms with Gasteiger partial charge in [0.05, 0.1) is 6.20 Å². The lowest BCUT2D eigenvalue weighted by Crippen LogP contribution is -2.22. The third-order valence-electron chi connectivity index (χ3n) is 3.07. The lowest BCUT2D eigenvalue weighted by molar-refractivity contribution is 0.491. The number of halogens is 1. The third kappa shape index (κ3) is 2.96. The van der Waals surface area contributed by atoms with Crippen LogP contribution in [0.15, 0.2) is 36.7 Å². The van der Waals surface area contributed by atoms with E-state index in [9.17, 15) is 4.39 Å². The summed E-state index contributed by atoms with van der Waals surface area (Å²) in [6.07, 6.45) is 3.83. The monoisotopic (exact) mass is 247 g/mol. The van der Waals surface area contributed by atoms with Crippen molar-refractivity contribution in [2.75, 3.05) is 0 Å². The van der Waals surface area contributed by atoms with Crippen LogP contribution in [0.4, 0.5) is 4.39 Å². The third-order valence-corrected chi connectivity index (χ3v) is 3.07. The fourth-order valence-corrected chi connectivity index (χ4v) is 2.01. The standard InChI is InChI=1S/C14H18FN3/c1-10(12-5-4-6-14(15)7-12)17-11(2)13-8-16-18(3)9-13/h4-11,17H,1-3H3. The summed E-state index contributed by atoms with van der Waals surface area (Å²) in [7, 11) is 1.90. The van der Waals surface area contributed by atoms with Gasteiger partial charge in [0.25, 0.3) is 0 Å². The van der Waals surface area contributed by atoms with Gasteiger partial charge in [0, 0.05) is 30.9 Å². The summed E-state index contributed by atoms with van der Waals surface area (Å²) in [6, 6.07) is 6.95. The highest BCUT2D eigenvalue weighted by molar-refractivity contribution is 5.20. The van der Waals surface area contributed by atoms with Crippen molar-refractivity contribution in [1.29, 1.82) is 0 Å². The van der Waals surface area contributed by atoms with Crippen molar-refractivity contribution in [1.82, 2.24) is 15.1 Å². The number of nitrogens with one attached hydrogen (secondary N) is 1.